The molecule has 1 saturated heterocycles. The zero-order chi connectivity index (χ0) is 14.9. The Hall–Kier alpha value is -2.47. The van der Waals surface area contributed by atoms with E-state index in [2.05, 4.69) is 33.2 Å². The second-order valence-corrected chi connectivity index (χ2v) is 5.38. The predicted molar refractivity (Wildman–Crippen MR) is 84.8 cm³/mol. The van der Waals surface area contributed by atoms with Gasteiger partial charge in [0.25, 0.3) is 0 Å². The van der Waals surface area contributed by atoms with E-state index in [1.807, 2.05) is 30.2 Å². The fraction of sp³-hybridized carbons (Fsp3) is 0.312. The third kappa shape index (κ3) is 2.31. The van der Waals surface area contributed by atoms with Crippen LogP contribution in [0, 0.1) is 0 Å². The highest BCUT2D eigenvalue weighted by Gasteiger charge is 2.14. The van der Waals surface area contributed by atoms with E-state index in [0.29, 0.717) is 0 Å². The Morgan fingerprint density at radius 3 is 2.86 bits per heavy atom. The number of benzene rings is 1. The van der Waals surface area contributed by atoms with Gasteiger partial charge in [-0.05, 0) is 12.1 Å². The zero-order valence-electron chi connectivity index (χ0n) is 12.4. The van der Waals surface area contributed by atoms with E-state index in [-0.39, 0.29) is 0 Å². The molecule has 0 spiro atoms. The number of hydrogen-bond donors (Lipinski definition) is 0. The van der Waals surface area contributed by atoms with Crippen molar-refractivity contribution in [2.24, 2.45) is 7.05 Å². The van der Waals surface area contributed by atoms with Crippen molar-refractivity contribution in [3.63, 3.8) is 0 Å². The van der Waals surface area contributed by atoms with Crippen LogP contribution < -0.4 is 4.90 Å². The maximum Gasteiger partial charge on any atom is 0.226 e. The number of anilines is 1. The number of nitrogens with zero attached hydrogens (tertiary/aromatic N) is 5. The molecule has 0 amide bonds. The maximum atomic E-state index is 5.38. The summed E-state index contributed by atoms with van der Waals surface area (Å²) in [7, 11) is 1.95. The van der Waals surface area contributed by atoms with Crippen LogP contribution in [0.25, 0.3) is 22.2 Å². The van der Waals surface area contributed by atoms with E-state index >= 15 is 0 Å². The van der Waals surface area contributed by atoms with Gasteiger partial charge in [-0.3, -0.25) is 4.68 Å². The van der Waals surface area contributed by atoms with Gasteiger partial charge in [-0.25, -0.2) is 9.97 Å². The highest BCUT2D eigenvalue weighted by Crippen LogP contribution is 2.24. The molecule has 22 heavy (non-hydrogen) atoms. The highest BCUT2D eigenvalue weighted by molar-refractivity contribution is 5.83. The summed E-state index contributed by atoms with van der Waals surface area (Å²) < 4.78 is 7.26. The van der Waals surface area contributed by atoms with Crippen LogP contribution in [0.15, 0.2) is 36.7 Å². The third-order valence-electron chi connectivity index (χ3n) is 3.98. The molecule has 3 heterocycles. The lowest BCUT2D eigenvalue weighted by molar-refractivity contribution is 0.122. The minimum absolute atomic E-state index is 0.731. The SMILES string of the molecule is Cn1ncc2ccc(-c3ccnc(N4CCOCC4)n3)cc21. The van der Waals surface area contributed by atoms with Crippen molar-refractivity contribution < 1.29 is 4.74 Å². The molecule has 0 unspecified atom stereocenters. The molecule has 0 atom stereocenters. The van der Waals surface area contributed by atoms with Gasteiger partial charge in [0.1, 0.15) is 0 Å². The largest absolute Gasteiger partial charge is 0.378 e. The average Bonchev–Trinajstić information content (AvgIpc) is 2.96. The van der Waals surface area contributed by atoms with Gasteiger partial charge in [0, 0.05) is 37.3 Å². The minimum atomic E-state index is 0.731. The van der Waals surface area contributed by atoms with Gasteiger partial charge in [-0.1, -0.05) is 12.1 Å². The lowest BCUT2D eigenvalue weighted by Crippen LogP contribution is -2.37. The van der Waals surface area contributed by atoms with Crippen molar-refractivity contribution >= 4 is 16.9 Å². The summed E-state index contributed by atoms with van der Waals surface area (Å²) in [6.45, 7) is 3.14. The fourth-order valence-electron chi connectivity index (χ4n) is 2.73. The molecule has 0 bridgehead atoms. The van der Waals surface area contributed by atoms with E-state index in [4.69, 9.17) is 9.72 Å². The number of morpholine rings is 1. The van der Waals surface area contributed by atoms with Crippen LogP contribution in [-0.4, -0.2) is 46.1 Å². The van der Waals surface area contributed by atoms with Crippen molar-refractivity contribution in [1.29, 1.82) is 0 Å². The molecule has 4 rings (SSSR count). The quantitative estimate of drug-likeness (QED) is 0.722. The molecule has 0 saturated carbocycles. The maximum absolute atomic E-state index is 5.38. The Labute approximate surface area is 128 Å². The lowest BCUT2D eigenvalue weighted by atomic mass is 10.1. The van der Waals surface area contributed by atoms with Crippen LogP contribution >= 0.6 is 0 Å². The van der Waals surface area contributed by atoms with E-state index in [0.717, 1.165) is 54.4 Å². The van der Waals surface area contributed by atoms with Crippen LogP contribution in [-0.2, 0) is 11.8 Å². The van der Waals surface area contributed by atoms with Crippen LogP contribution in [0.3, 0.4) is 0 Å². The normalized spacial score (nSPS) is 15.4. The monoisotopic (exact) mass is 295 g/mol. The lowest BCUT2D eigenvalue weighted by Gasteiger charge is -2.26. The topological polar surface area (TPSA) is 56.1 Å². The van der Waals surface area contributed by atoms with Gasteiger partial charge in [0.15, 0.2) is 0 Å². The van der Waals surface area contributed by atoms with Gasteiger partial charge in [0.2, 0.25) is 5.95 Å². The Bertz CT molecular complexity index is 807. The molecule has 0 radical (unpaired) electrons. The molecular formula is C16H17N5O. The number of fused-ring (bicyclic) bond motifs is 1. The van der Waals surface area contributed by atoms with E-state index < -0.39 is 0 Å². The zero-order valence-corrected chi connectivity index (χ0v) is 12.4. The Balaban J connectivity index is 1.72. The fourth-order valence-corrected chi connectivity index (χ4v) is 2.73. The van der Waals surface area contributed by atoms with Gasteiger partial charge < -0.3 is 9.64 Å². The summed E-state index contributed by atoms with van der Waals surface area (Å²) in [6.07, 6.45) is 3.69. The van der Waals surface area contributed by atoms with Gasteiger partial charge in [-0.2, -0.15) is 5.10 Å². The van der Waals surface area contributed by atoms with E-state index in [1.165, 1.54) is 0 Å². The Kier molecular flexibility index (Phi) is 3.23. The molecular weight excluding hydrogens is 278 g/mol. The van der Waals surface area contributed by atoms with Crippen molar-refractivity contribution in [3.05, 3.63) is 36.7 Å². The van der Waals surface area contributed by atoms with Crippen LogP contribution in [0.2, 0.25) is 0 Å². The van der Waals surface area contributed by atoms with E-state index in [9.17, 15) is 0 Å². The van der Waals surface area contributed by atoms with Crippen LogP contribution in [0.1, 0.15) is 0 Å². The molecule has 1 aromatic carbocycles. The summed E-state index contributed by atoms with van der Waals surface area (Å²) in [5, 5.41) is 5.42. The minimum Gasteiger partial charge on any atom is -0.378 e. The molecule has 6 nitrogen and oxygen atoms in total. The molecule has 1 aliphatic rings. The Morgan fingerprint density at radius 1 is 1.14 bits per heavy atom. The summed E-state index contributed by atoms with van der Waals surface area (Å²) in [4.78, 5) is 11.3. The summed E-state index contributed by atoms with van der Waals surface area (Å²) >= 11 is 0. The van der Waals surface area contributed by atoms with E-state index in [1.54, 1.807) is 0 Å². The number of rotatable bonds is 2. The Morgan fingerprint density at radius 2 is 2.00 bits per heavy atom. The standard InChI is InChI=1S/C16H17N5O/c1-20-15-10-12(2-3-13(15)11-18-20)14-4-5-17-16(19-14)21-6-8-22-9-7-21/h2-5,10-11H,6-9H2,1H3. The first kappa shape index (κ1) is 13.2. The molecule has 6 heteroatoms. The summed E-state index contributed by atoms with van der Waals surface area (Å²) in [5.41, 5.74) is 3.11. The first-order valence-corrected chi connectivity index (χ1v) is 7.39. The van der Waals surface area contributed by atoms with Crippen molar-refractivity contribution in [2.45, 2.75) is 0 Å². The third-order valence-corrected chi connectivity index (χ3v) is 3.98. The molecule has 1 fully saturated rings. The van der Waals surface area contributed by atoms with Gasteiger partial charge in [0.05, 0.1) is 30.6 Å². The highest BCUT2D eigenvalue weighted by atomic mass is 16.5. The van der Waals surface area contributed by atoms with Gasteiger partial charge in [-0.15, -0.1) is 0 Å². The molecule has 112 valence electrons. The number of ether oxygens (including phenoxy) is 1. The summed E-state index contributed by atoms with van der Waals surface area (Å²) in [5.74, 6) is 0.769. The second-order valence-electron chi connectivity index (χ2n) is 5.38. The van der Waals surface area contributed by atoms with Crippen LogP contribution in [0.5, 0.6) is 0 Å². The number of aromatic nitrogens is 4. The van der Waals surface area contributed by atoms with Gasteiger partial charge >= 0.3 is 0 Å². The molecule has 1 aliphatic heterocycles. The number of aryl methyl sites for hydroxylation is 1. The first-order valence-electron chi connectivity index (χ1n) is 7.39. The van der Waals surface area contributed by atoms with Crippen LogP contribution in [0.4, 0.5) is 5.95 Å². The molecule has 0 aliphatic carbocycles. The van der Waals surface area contributed by atoms with Crippen molar-refractivity contribution in [2.75, 3.05) is 31.2 Å². The molecule has 0 N–H and O–H groups in total. The average molecular weight is 295 g/mol. The molecule has 3 aromatic rings. The summed E-state index contributed by atoms with van der Waals surface area (Å²) in [6, 6.07) is 8.22. The van der Waals surface area contributed by atoms with Crippen molar-refractivity contribution in [3.8, 4) is 11.3 Å². The second kappa shape index (κ2) is 5.38. The van der Waals surface area contributed by atoms with Crippen molar-refractivity contribution in [1.82, 2.24) is 19.7 Å². The smallest absolute Gasteiger partial charge is 0.226 e. The first-order chi connectivity index (χ1) is 10.8. The number of hydrogen-bond acceptors (Lipinski definition) is 5. The predicted octanol–water partition coefficient (Wildman–Crippen LogP) is 1.87. The molecule has 2 aromatic heterocycles.